The molecule has 0 bridgehead atoms. The van der Waals surface area contributed by atoms with Gasteiger partial charge in [-0.15, -0.1) is 0 Å². The van der Waals surface area contributed by atoms with Gasteiger partial charge in [-0.3, -0.25) is 4.79 Å². The normalized spacial score (nSPS) is 15.0. The summed E-state index contributed by atoms with van der Waals surface area (Å²) in [6.07, 6.45) is 4.22. The van der Waals surface area contributed by atoms with Crippen LogP contribution in [-0.2, 0) is 11.3 Å². The maximum atomic E-state index is 12.1. The van der Waals surface area contributed by atoms with E-state index in [1.165, 1.54) is 0 Å². The van der Waals surface area contributed by atoms with Gasteiger partial charge in [0.1, 0.15) is 5.65 Å². The van der Waals surface area contributed by atoms with Crippen molar-refractivity contribution >= 4 is 17.5 Å². The van der Waals surface area contributed by atoms with Crippen molar-refractivity contribution in [2.45, 2.75) is 33.2 Å². The van der Waals surface area contributed by atoms with Gasteiger partial charge in [0.25, 0.3) is 0 Å². The first-order valence-corrected chi connectivity index (χ1v) is 8.91. The van der Waals surface area contributed by atoms with Gasteiger partial charge in [0, 0.05) is 31.5 Å². The average molecular weight is 342 g/mol. The van der Waals surface area contributed by atoms with Gasteiger partial charge in [0.2, 0.25) is 5.91 Å². The lowest BCUT2D eigenvalue weighted by Gasteiger charge is -2.17. The highest BCUT2D eigenvalue weighted by Crippen LogP contribution is 2.09. The summed E-state index contributed by atoms with van der Waals surface area (Å²) >= 11 is 0. The minimum absolute atomic E-state index is 0.131. The first kappa shape index (κ1) is 17.3. The topological polar surface area (TPSA) is 74.0 Å². The zero-order valence-corrected chi connectivity index (χ0v) is 15.0. The Labute approximate surface area is 148 Å². The molecule has 2 aromatic rings. The lowest BCUT2D eigenvalue weighted by molar-refractivity contribution is -0.128. The minimum atomic E-state index is 0.131. The molecule has 7 nitrogen and oxygen atoms in total. The molecule has 0 atom stereocenters. The third-order valence-electron chi connectivity index (χ3n) is 4.36. The van der Waals surface area contributed by atoms with Crippen LogP contribution >= 0.6 is 0 Å². The lowest BCUT2D eigenvalue weighted by atomic mass is 10.4. The molecule has 0 spiro atoms. The second-order valence-electron chi connectivity index (χ2n) is 6.26. The van der Waals surface area contributed by atoms with E-state index in [1.807, 2.05) is 30.2 Å². The number of aromatic nitrogens is 2. The number of imidazole rings is 1. The van der Waals surface area contributed by atoms with E-state index in [9.17, 15) is 4.79 Å². The number of nitrogens with zero attached hydrogens (tertiary/aromatic N) is 4. The van der Waals surface area contributed by atoms with Crippen molar-refractivity contribution in [3.05, 3.63) is 35.8 Å². The number of aliphatic imine (C=N–C) groups is 1. The van der Waals surface area contributed by atoms with E-state index < -0.39 is 0 Å². The van der Waals surface area contributed by atoms with E-state index in [0.717, 1.165) is 49.5 Å². The predicted molar refractivity (Wildman–Crippen MR) is 98.6 cm³/mol. The molecule has 1 fully saturated rings. The fourth-order valence-corrected chi connectivity index (χ4v) is 3.01. The Balaban J connectivity index is 1.62. The molecule has 1 aliphatic rings. The van der Waals surface area contributed by atoms with Gasteiger partial charge in [0.05, 0.1) is 18.8 Å². The smallest absolute Gasteiger partial charge is 0.241 e. The third kappa shape index (κ3) is 4.29. The van der Waals surface area contributed by atoms with Crippen molar-refractivity contribution < 1.29 is 4.79 Å². The number of aryl methyl sites for hydroxylation is 1. The Morgan fingerprint density at radius 3 is 2.80 bits per heavy atom. The molecule has 3 heterocycles. The third-order valence-corrected chi connectivity index (χ3v) is 4.36. The Morgan fingerprint density at radius 2 is 2.08 bits per heavy atom. The molecule has 134 valence electrons. The molecule has 0 saturated carbocycles. The van der Waals surface area contributed by atoms with Crippen LogP contribution in [0.2, 0.25) is 0 Å². The Hall–Kier alpha value is -2.57. The summed E-state index contributed by atoms with van der Waals surface area (Å²) in [7, 11) is 0. The standard InChI is InChI=1S/C18H26N6O/c1-3-19-18(21-12-17(25)23-9-4-5-10-23)20-11-15-13-24-14(2)7-6-8-16(24)22-15/h6-8,13H,3-5,9-12H2,1-2H3,(H2,19,20,21). The van der Waals surface area contributed by atoms with Gasteiger partial charge in [-0.1, -0.05) is 6.07 Å². The van der Waals surface area contributed by atoms with E-state index in [0.29, 0.717) is 12.5 Å². The molecule has 0 radical (unpaired) electrons. The number of hydrogen-bond acceptors (Lipinski definition) is 3. The zero-order chi connectivity index (χ0) is 17.6. The van der Waals surface area contributed by atoms with Gasteiger partial charge in [-0.25, -0.2) is 9.98 Å². The maximum Gasteiger partial charge on any atom is 0.241 e. The Kier molecular flexibility index (Phi) is 5.53. The molecule has 2 aromatic heterocycles. The number of likely N-dealkylation sites (tertiary alicyclic amines) is 1. The summed E-state index contributed by atoms with van der Waals surface area (Å²) < 4.78 is 2.06. The first-order valence-electron chi connectivity index (χ1n) is 8.91. The second-order valence-corrected chi connectivity index (χ2v) is 6.26. The van der Waals surface area contributed by atoms with Crippen molar-refractivity contribution in [1.29, 1.82) is 0 Å². The van der Waals surface area contributed by atoms with E-state index in [1.54, 1.807) is 0 Å². The van der Waals surface area contributed by atoms with Gasteiger partial charge in [0.15, 0.2) is 5.96 Å². The van der Waals surface area contributed by atoms with Crippen LogP contribution in [0.1, 0.15) is 31.2 Å². The van der Waals surface area contributed by atoms with E-state index >= 15 is 0 Å². The number of guanidine groups is 1. The number of hydrogen-bond donors (Lipinski definition) is 2. The van der Waals surface area contributed by atoms with E-state index in [4.69, 9.17) is 0 Å². The van der Waals surface area contributed by atoms with Crippen molar-refractivity contribution in [1.82, 2.24) is 24.9 Å². The van der Waals surface area contributed by atoms with Crippen LogP contribution in [0.3, 0.4) is 0 Å². The number of amides is 1. The van der Waals surface area contributed by atoms with Crippen molar-refractivity contribution in [3.8, 4) is 0 Å². The van der Waals surface area contributed by atoms with Crippen LogP contribution < -0.4 is 10.6 Å². The van der Waals surface area contributed by atoms with Crippen LogP contribution in [0, 0.1) is 6.92 Å². The van der Waals surface area contributed by atoms with Crippen LogP contribution in [0.4, 0.5) is 0 Å². The molecule has 25 heavy (non-hydrogen) atoms. The van der Waals surface area contributed by atoms with Crippen LogP contribution in [0.25, 0.3) is 5.65 Å². The average Bonchev–Trinajstić information content (AvgIpc) is 3.27. The fourth-order valence-electron chi connectivity index (χ4n) is 3.01. The van der Waals surface area contributed by atoms with Crippen molar-refractivity contribution in [3.63, 3.8) is 0 Å². The van der Waals surface area contributed by atoms with Gasteiger partial charge in [-0.2, -0.15) is 0 Å². The largest absolute Gasteiger partial charge is 0.357 e. The number of carbonyl (C=O) groups is 1. The van der Waals surface area contributed by atoms with Crippen LogP contribution in [0.15, 0.2) is 29.4 Å². The Morgan fingerprint density at radius 1 is 1.28 bits per heavy atom. The molecule has 1 aliphatic heterocycles. The minimum Gasteiger partial charge on any atom is -0.357 e. The molecule has 7 heteroatoms. The monoisotopic (exact) mass is 342 g/mol. The van der Waals surface area contributed by atoms with E-state index in [-0.39, 0.29) is 12.5 Å². The molecule has 0 aromatic carbocycles. The van der Waals surface area contributed by atoms with E-state index in [2.05, 4.69) is 38.0 Å². The molecular formula is C18H26N6O. The second kappa shape index (κ2) is 8.00. The summed E-state index contributed by atoms with van der Waals surface area (Å²) in [6.45, 7) is 7.28. The lowest BCUT2D eigenvalue weighted by Crippen LogP contribution is -2.44. The SMILES string of the molecule is CCNC(=NCc1cn2c(C)cccc2n1)NCC(=O)N1CCCC1. The molecule has 3 rings (SSSR count). The highest BCUT2D eigenvalue weighted by atomic mass is 16.2. The quantitative estimate of drug-likeness (QED) is 0.635. The molecule has 0 unspecified atom stereocenters. The zero-order valence-electron chi connectivity index (χ0n) is 15.0. The molecule has 1 amide bonds. The summed E-state index contributed by atoms with van der Waals surface area (Å²) in [6, 6.07) is 6.04. The van der Waals surface area contributed by atoms with Gasteiger partial charge in [-0.05, 0) is 38.8 Å². The number of carbonyl (C=O) groups excluding carboxylic acids is 1. The van der Waals surface area contributed by atoms with Crippen molar-refractivity contribution in [2.24, 2.45) is 4.99 Å². The van der Waals surface area contributed by atoms with Gasteiger partial charge >= 0.3 is 0 Å². The molecule has 0 aliphatic carbocycles. The number of nitrogens with one attached hydrogen (secondary N) is 2. The number of rotatable bonds is 5. The first-order chi connectivity index (χ1) is 12.2. The number of fused-ring (bicyclic) bond motifs is 1. The highest BCUT2D eigenvalue weighted by molar-refractivity contribution is 5.86. The number of pyridine rings is 1. The molecule has 1 saturated heterocycles. The van der Waals surface area contributed by atoms with Gasteiger partial charge < -0.3 is 19.9 Å². The molecular weight excluding hydrogens is 316 g/mol. The summed E-state index contributed by atoms with van der Waals surface area (Å²) in [4.78, 5) is 23.2. The predicted octanol–water partition coefficient (Wildman–Crippen LogP) is 1.32. The summed E-state index contributed by atoms with van der Waals surface area (Å²) in [5, 5.41) is 6.30. The molecule has 2 N–H and O–H groups in total. The fraction of sp³-hybridized carbons (Fsp3) is 0.500. The summed E-state index contributed by atoms with van der Waals surface area (Å²) in [5.74, 6) is 0.773. The van der Waals surface area contributed by atoms with Crippen LogP contribution in [-0.4, -0.2) is 52.3 Å². The highest BCUT2D eigenvalue weighted by Gasteiger charge is 2.17. The Bertz CT molecular complexity index is 760. The summed E-state index contributed by atoms with van der Waals surface area (Å²) in [5.41, 5.74) is 2.96. The maximum absolute atomic E-state index is 12.1. The van der Waals surface area contributed by atoms with Crippen LogP contribution in [0.5, 0.6) is 0 Å². The van der Waals surface area contributed by atoms with Crippen molar-refractivity contribution in [2.75, 3.05) is 26.2 Å².